The number of nitrogens with one attached hydrogen (secondary N) is 2. The Bertz CT molecular complexity index is 1450. The van der Waals surface area contributed by atoms with Gasteiger partial charge in [-0.3, -0.25) is 9.59 Å². The minimum Gasteiger partial charge on any atom is -0.488 e. The predicted octanol–water partition coefficient (Wildman–Crippen LogP) is 3.42. The zero-order valence-electron chi connectivity index (χ0n) is 21.1. The highest BCUT2D eigenvalue weighted by Gasteiger charge is 2.35. The first-order valence-corrected chi connectivity index (χ1v) is 14.0. The third-order valence-corrected chi connectivity index (χ3v) is 8.57. The number of benzene rings is 2. The summed E-state index contributed by atoms with van der Waals surface area (Å²) >= 11 is 2.70. The van der Waals surface area contributed by atoms with Crippen LogP contribution in [-0.2, 0) is 19.6 Å². The van der Waals surface area contributed by atoms with Gasteiger partial charge in [-0.1, -0.05) is 42.5 Å². The van der Waals surface area contributed by atoms with Gasteiger partial charge in [0, 0.05) is 30.1 Å². The molecule has 198 valence electrons. The smallest absolute Gasteiger partial charge is 0.322 e. The van der Waals surface area contributed by atoms with Gasteiger partial charge in [-0.2, -0.15) is 5.10 Å². The second-order valence-corrected chi connectivity index (χ2v) is 11.3. The molecule has 2 aromatic heterocycles. The number of H-pyrrole nitrogens is 1. The van der Waals surface area contributed by atoms with Crippen molar-refractivity contribution < 1.29 is 14.6 Å². The number of aliphatic hydroxyl groups is 1. The van der Waals surface area contributed by atoms with Crippen molar-refractivity contribution >= 4 is 28.6 Å². The van der Waals surface area contributed by atoms with Crippen molar-refractivity contribution in [1.29, 1.82) is 0 Å². The van der Waals surface area contributed by atoms with Crippen LogP contribution in [0.2, 0.25) is 0 Å². The second kappa shape index (κ2) is 11.6. The van der Waals surface area contributed by atoms with E-state index in [0.717, 1.165) is 51.0 Å². The van der Waals surface area contributed by atoms with Crippen molar-refractivity contribution in [2.24, 2.45) is 0 Å². The summed E-state index contributed by atoms with van der Waals surface area (Å²) in [5.41, 5.74) is 3.43. The number of likely N-dealkylation sites (N-methyl/N-ethyl adjacent to an activating group) is 1. The minimum absolute atomic E-state index is 0.0190. The molecule has 0 aliphatic carbocycles. The Kier molecular flexibility index (Phi) is 7.98. The summed E-state index contributed by atoms with van der Waals surface area (Å²) in [5, 5.41) is 20.6. The molecule has 2 aromatic carbocycles. The van der Waals surface area contributed by atoms with Gasteiger partial charge in [0.15, 0.2) is 0 Å². The maximum Gasteiger partial charge on any atom is 0.322 e. The molecule has 0 spiro atoms. The summed E-state index contributed by atoms with van der Waals surface area (Å²) in [6.45, 7) is 3.90. The Morgan fingerprint density at radius 1 is 1.16 bits per heavy atom. The fourth-order valence-corrected chi connectivity index (χ4v) is 6.38. The van der Waals surface area contributed by atoms with Crippen molar-refractivity contribution in [3.05, 3.63) is 84.9 Å². The highest BCUT2D eigenvalue weighted by atomic mass is 32.1. The lowest BCUT2D eigenvalue weighted by atomic mass is 10.0. The first-order chi connectivity index (χ1) is 18.4. The van der Waals surface area contributed by atoms with Crippen LogP contribution in [0, 0.1) is 0 Å². The Labute approximate surface area is 228 Å². The van der Waals surface area contributed by atoms with Crippen LogP contribution in [0.4, 0.5) is 0 Å². The van der Waals surface area contributed by atoms with Gasteiger partial charge in [0.1, 0.15) is 22.4 Å². The van der Waals surface area contributed by atoms with E-state index in [-0.39, 0.29) is 29.3 Å². The van der Waals surface area contributed by atoms with Gasteiger partial charge in [-0.25, -0.2) is 10.1 Å². The van der Waals surface area contributed by atoms with Gasteiger partial charge in [-0.05, 0) is 43.3 Å². The lowest BCUT2D eigenvalue weighted by molar-refractivity contribution is 0.0935. The summed E-state index contributed by atoms with van der Waals surface area (Å²) in [7, 11) is 1.99. The zero-order chi connectivity index (χ0) is 26.6. The highest BCUT2D eigenvalue weighted by molar-refractivity contribution is 7.15. The van der Waals surface area contributed by atoms with Crippen LogP contribution in [0.1, 0.15) is 44.3 Å². The van der Waals surface area contributed by atoms with E-state index in [1.54, 1.807) is 35.6 Å². The number of aromatic amines is 1. The number of hydrogen-bond acceptors (Lipinski definition) is 9. The van der Waals surface area contributed by atoms with Crippen molar-refractivity contribution in [1.82, 2.24) is 25.4 Å². The Balaban J connectivity index is 1.21. The average molecular weight is 552 g/mol. The Morgan fingerprint density at radius 3 is 2.58 bits per heavy atom. The molecule has 3 N–H and O–H groups in total. The third kappa shape index (κ3) is 5.86. The third-order valence-electron chi connectivity index (χ3n) is 6.57. The van der Waals surface area contributed by atoms with Crippen molar-refractivity contribution in [2.75, 3.05) is 20.1 Å². The number of amides is 1. The molecular weight excluding hydrogens is 522 g/mol. The summed E-state index contributed by atoms with van der Waals surface area (Å²) in [4.78, 5) is 32.3. The molecule has 0 radical (unpaired) electrons. The molecule has 0 saturated carbocycles. The van der Waals surface area contributed by atoms with Crippen LogP contribution in [0.5, 0.6) is 5.75 Å². The molecule has 0 unspecified atom stereocenters. The maximum atomic E-state index is 13.0. The van der Waals surface area contributed by atoms with Crippen LogP contribution in [0.3, 0.4) is 0 Å². The molecule has 38 heavy (non-hydrogen) atoms. The molecule has 3 heterocycles. The summed E-state index contributed by atoms with van der Waals surface area (Å²) in [6.07, 6.45) is 0.801. The van der Waals surface area contributed by atoms with Crippen LogP contribution in [0.25, 0.3) is 10.6 Å². The fourth-order valence-electron chi connectivity index (χ4n) is 4.55. The lowest BCUT2D eigenvalue weighted by Gasteiger charge is -2.18. The molecule has 2 atom stereocenters. The van der Waals surface area contributed by atoms with Crippen LogP contribution < -0.4 is 14.9 Å². The van der Waals surface area contributed by atoms with Gasteiger partial charge in [-0.15, -0.1) is 11.3 Å². The van der Waals surface area contributed by atoms with Crippen molar-refractivity contribution in [2.45, 2.75) is 38.5 Å². The number of thiazole rings is 1. The first kappa shape index (κ1) is 26.2. The number of aryl methyl sites for hydroxylation is 1. The zero-order valence-corrected chi connectivity index (χ0v) is 22.8. The van der Waals surface area contributed by atoms with E-state index in [1.807, 2.05) is 31.3 Å². The van der Waals surface area contributed by atoms with Crippen molar-refractivity contribution in [3.63, 3.8) is 0 Å². The van der Waals surface area contributed by atoms with Crippen LogP contribution in [-0.4, -0.2) is 57.3 Å². The minimum atomic E-state index is -0.187. The standard InChI is InChI=1S/C27H29N5O4S2/c1-3-21-23(37-25(29-21)18-6-4-16(14-33)5-7-18)15-36-19-10-8-17(9-11-19)24(34)28-22-13-32(2)12-20(22)26-30-31-27(35)38-26/h4-11,20,22,33H,3,12-15H2,1-2H3,(H,28,34)(H,31,35)/t20-,22+/m0/s1. The van der Waals surface area contributed by atoms with Gasteiger partial charge >= 0.3 is 4.87 Å². The number of carbonyl (C=O) groups is 1. The molecule has 4 aromatic rings. The molecule has 5 rings (SSSR count). The molecule has 9 nitrogen and oxygen atoms in total. The number of carbonyl (C=O) groups excluding carboxylic acids is 1. The number of ether oxygens (including phenoxy) is 1. The van der Waals surface area contributed by atoms with E-state index < -0.39 is 0 Å². The molecule has 0 bridgehead atoms. The van der Waals surface area contributed by atoms with E-state index in [0.29, 0.717) is 29.5 Å². The Hall–Kier alpha value is -3.38. The quantitative estimate of drug-likeness (QED) is 0.292. The van der Waals surface area contributed by atoms with Crippen LogP contribution >= 0.6 is 22.7 Å². The van der Waals surface area contributed by atoms with E-state index in [4.69, 9.17) is 9.72 Å². The normalized spacial score (nSPS) is 17.6. The first-order valence-electron chi connectivity index (χ1n) is 12.4. The van der Waals surface area contributed by atoms with Gasteiger partial charge in [0.05, 0.1) is 23.2 Å². The van der Waals surface area contributed by atoms with Crippen molar-refractivity contribution in [3.8, 4) is 16.3 Å². The molecule has 1 aliphatic rings. The summed E-state index contributed by atoms with van der Waals surface area (Å²) in [5.74, 6) is 0.475. The molecule has 1 aliphatic heterocycles. The lowest BCUT2D eigenvalue weighted by Crippen LogP contribution is -2.39. The molecule has 11 heteroatoms. The van der Waals surface area contributed by atoms with Gasteiger partial charge in [0.2, 0.25) is 0 Å². The number of nitrogens with zero attached hydrogens (tertiary/aromatic N) is 3. The number of aromatic nitrogens is 3. The predicted molar refractivity (Wildman–Crippen MR) is 148 cm³/mol. The molecule has 1 amide bonds. The van der Waals surface area contributed by atoms with E-state index in [1.165, 1.54) is 0 Å². The Morgan fingerprint density at radius 2 is 1.92 bits per heavy atom. The van der Waals surface area contributed by atoms with Crippen LogP contribution in [0.15, 0.2) is 53.3 Å². The van der Waals surface area contributed by atoms with E-state index in [2.05, 4.69) is 27.3 Å². The molecule has 1 saturated heterocycles. The number of hydrogen-bond donors (Lipinski definition) is 3. The average Bonchev–Trinajstić information content (AvgIpc) is 3.65. The summed E-state index contributed by atoms with van der Waals surface area (Å²) < 4.78 is 6.04. The topological polar surface area (TPSA) is 120 Å². The SMILES string of the molecule is CCc1nc(-c2ccc(CO)cc2)sc1COc1ccc(C(=O)N[C@@H]2CN(C)C[C@@H]2c2n[nH]c(=O)s2)cc1. The highest BCUT2D eigenvalue weighted by Crippen LogP contribution is 2.30. The van der Waals surface area contributed by atoms with Gasteiger partial charge < -0.3 is 20.1 Å². The summed E-state index contributed by atoms with van der Waals surface area (Å²) in [6, 6.07) is 14.7. The fraction of sp³-hybridized carbons (Fsp3) is 0.333. The second-order valence-electron chi connectivity index (χ2n) is 9.27. The van der Waals surface area contributed by atoms with Gasteiger partial charge in [0.25, 0.3) is 5.91 Å². The molecular formula is C27H29N5O4S2. The monoisotopic (exact) mass is 551 g/mol. The maximum absolute atomic E-state index is 13.0. The van der Waals surface area contributed by atoms with E-state index in [9.17, 15) is 14.7 Å². The number of likely N-dealkylation sites (tertiary alicyclic amines) is 1. The number of rotatable bonds is 9. The number of aliphatic hydroxyl groups excluding tert-OH is 1. The largest absolute Gasteiger partial charge is 0.488 e. The van der Waals surface area contributed by atoms with E-state index >= 15 is 0 Å². The molecule has 1 fully saturated rings.